The van der Waals surface area contributed by atoms with E-state index in [-0.39, 0.29) is 6.17 Å². The zero-order chi connectivity index (χ0) is 21.5. The number of hydrogen-bond donors (Lipinski definition) is 0. The second-order valence-corrected chi connectivity index (χ2v) is 8.33. The molecule has 3 heteroatoms. The van der Waals surface area contributed by atoms with Gasteiger partial charge in [-0.3, -0.25) is 0 Å². The number of hydrogen-bond acceptors (Lipinski definition) is 2. The molecule has 1 aliphatic heterocycles. The van der Waals surface area contributed by atoms with E-state index in [0.29, 0.717) is 0 Å². The first-order valence-electron chi connectivity index (χ1n) is 10.8. The molecule has 0 aliphatic carbocycles. The fourth-order valence-electron chi connectivity index (χ4n) is 4.65. The van der Waals surface area contributed by atoms with Gasteiger partial charge in [0, 0.05) is 18.7 Å². The van der Waals surface area contributed by atoms with Crippen LogP contribution in [0.25, 0.3) is 22.4 Å². The van der Waals surface area contributed by atoms with Crippen LogP contribution >= 0.6 is 0 Å². The second kappa shape index (κ2) is 7.59. The highest BCUT2D eigenvalue weighted by Gasteiger charge is 2.39. The fraction of sp³-hybridized carbons (Fsp3) is 0.179. The predicted molar refractivity (Wildman–Crippen MR) is 130 cm³/mol. The normalized spacial score (nSPS) is 15.3. The molecule has 5 rings (SSSR count). The number of nitrogens with zero attached hydrogens (tertiary/aromatic N) is 3. The van der Waals surface area contributed by atoms with Crippen LogP contribution in [-0.4, -0.2) is 13.2 Å². The third kappa shape index (κ3) is 3.17. The minimum atomic E-state index is 0.222. The number of fused-ring (bicyclic) bond motifs is 1. The molecule has 0 spiro atoms. The largest absolute Gasteiger partial charge is 0.333 e. The Hall–Kier alpha value is -3.59. The van der Waals surface area contributed by atoms with E-state index >= 15 is 0 Å². The molecule has 3 nitrogen and oxygen atoms in total. The Morgan fingerprint density at radius 1 is 0.742 bits per heavy atom. The quantitative estimate of drug-likeness (QED) is 0.381. The summed E-state index contributed by atoms with van der Waals surface area (Å²) in [5.74, 6) is 1.18. The monoisotopic (exact) mass is 406 g/mol. The maximum atomic E-state index is 2.45. The summed E-state index contributed by atoms with van der Waals surface area (Å²) in [5, 5.41) is 0. The van der Waals surface area contributed by atoms with E-state index in [1.165, 1.54) is 45.1 Å². The molecule has 0 bridgehead atoms. The highest BCUT2D eigenvalue weighted by molar-refractivity contribution is 5.83. The zero-order valence-electron chi connectivity index (χ0n) is 18.6. The Bertz CT molecular complexity index is 1250. The average molecular weight is 407 g/mol. The first-order valence-corrected chi connectivity index (χ1v) is 10.8. The maximum Gasteiger partial charge on any atom is 0.284 e. The molecule has 1 aromatic heterocycles. The Kier molecular flexibility index (Phi) is 4.74. The SMILES string of the molecule is Cc1ccccc1-c1cc(-c2ccccc2)cc(N2c3ccccc3N(C)[C@H]2C)[n+]1C. The van der Waals surface area contributed by atoms with Crippen molar-refractivity contribution in [3.05, 3.63) is 96.6 Å². The third-order valence-electron chi connectivity index (χ3n) is 6.51. The minimum absolute atomic E-state index is 0.222. The van der Waals surface area contributed by atoms with Gasteiger partial charge in [0.05, 0.1) is 12.7 Å². The van der Waals surface area contributed by atoms with Gasteiger partial charge in [-0.15, -0.1) is 0 Å². The Morgan fingerprint density at radius 3 is 2.13 bits per heavy atom. The lowest BCUT2D eigenvalue weighted by Gasteiger charge is -2.23. The molecule has 0 radical (unpaired) electrons. The number of rotatable bonds is 3. The summed E-state index contributed by atoms with van der Waals surface area (Å²) in [7, 11) is 4.35. The van der Waals surface area contributed by atoms with Crippen molar-refractivity contribution in [3.63, 3.8) is 0 Å². The van der Waals surface area contributed by atoms with E-state index in [4.69, 9.17) is 0 Å². The molecular formula is C28H28N3+. The molecule has 1 atom stereocenters. The van der Waals surface area contributed by atoms with Gasteiger partial charge >= 0.3 is 0 Å². The summed E-state index contributed by atoms with van der Waals surface area (Å²) in [6.45, 7) is 4.45. The van der Waals surface area contributed by atoms with Gasteiger partial charge in [-0.05, 0) is 48.7 Å². The third-order valence-corrected chi connectivity index (χ3v) is 6.51. The van der Waals surface area contributed by atoms with Crippen LogP contribution in [0.4, 0.5) is 17.2 Å². The van der Waals surface area contributed by atoms with Gasteiger partial charge in [-0.25, -0.2) is 9.47 Å². The first-order chi connectivity index (χ1) is 15.1. The van der Waals surface area contributed by atoms with Gasteiger partial charge in [0.2, 0.25) is 0 Å². The van der Waals surface area contributed by atoms with Crippen LogP contribution in [0.3, 0.4) is 0 Å². The van der Waals surface area contributed by atoms with Crippen LogP contribution in [0.15, 0.2) is 91.0 Å². The zero-order valence-corrected chi connectivity index (χ0v) is 18.6. The molecule has 0 saturated heterocycles. The van der Waals surface area contributed by atoms with Crippen molar-refractivity contribution < 1.29 is 4.57 Å². The molecule has 0 unspecified atom stereocenters. The Labute approximate surface area is 184 Å². The summed E-state index contributed by atoms with van der Waals surface area (Å²) in [6.07, 6.45) is 0.222. The first kappa shape index (κ1) is 19.4. The number of aryl methyl sites for hydroxylation is 1. The van der Waals surface area contributed by atoms with Crippen molar-refractivity contribution in [3.8, 4) is 22.4 Å². The van der Waals surface area contributed by atoms with Crippen LogP contribution in [0.2, 0.25) is 0 Å². The van der Waals surface area contributed by atoms with Crippen LogP contribution in [0.1, 0.15) is 12.5 Å². The van der Waals surface area contributed by atoms with Gasteiger partial charge in [0.15, 0.2) is 11.9 Å². The second-order valence-electron chi connectivity index (χ2n) is 8.33. The van der Waals surface area contributed by atoms with E-state index in [1.54, 1.807) is 0 Å². The lowest BCUT2D eigenvalue weighted by molar-refractivity contribution is -0.647. The van der Waals surface area contributed by atoms with Crippen LogP contribution in [0.5, 0.6) is 0 Å². The van der Waals surface area contributed by atoms with Gasteiger partial charge in [0.1, 0.15) is 5.69 Å². The number of para-hydroxylation sites is 2. The Morgan fingerprint density at radius 2 is 1.39 bits per heavy atom. The van der Waals surface area contributed by atoms with Crippen molar-refractivity contribution in [1.29, 1.82) is 0 Å². The van der Waals surface area contributed by atoms with Crippen molar-refractivity contribution in [1.82, 2.24) is 0 Å². The number of pyridine rings is 1. The lowest BCUT2D eigenvalue weighted by atomic mass is 10.00. The highest BCUT2D eigenvalue weighted by atomic mass is 15.4. The van der Waals surface area contributed by atoms with E-state index in [0.717, 1.165) is 0 Å². The molecule has 2 heterocycles. The van der Waals surface area contributed by atoms with E-state index < -0.39 is 0 Å². The topological polar surface area (TPSA) is 10.4 Å². The molecule has 0 saturated carbocycles. The molecule has 1 aliphatic rings. The van der Waals surface area contributed by atoms with Crippen LogP contribution < -0.4 is 14.4 Å². The van der Waals surface area contributed by atoms with Crippen molar-refractivity contribution in [2.24, 2.45) is 7.05 Å². The van der Waals surface area contributed by atoms with Crippen molar-refractivity contribution >= 4 is 17.2 Å². The van der Waals surface area contributed by atoms with Gasteiger partial charge in [-0.1, -0.05) is 66.7 Å². The molecule has 0 fully saturated rings. The fourth-order valence-corrected chi connectivity index (χ4v) is 4.65. The van der Waals surface area contributed by atoms with Crippen LogP contribution in [-0.2, 0) is 7.05 Å². The van der Waals surface area contributed by atoms with E-state index in [9.17, 15) is 0 Å². The summed E-state index contributed by atoms with van der Waals surface area (Å²) < 4.78 is 2.33. The smallest absolute Gasteiger partial charge is 0.284 e. The summed E-state index contributed by atoms with van der Waals surface area (Å²) in [5.41, 5.74) is 8.72. The molecule has 31 heavy (non-hydrogen) atoms. The molecule has 4 aromatic rings. The van der Waals surface area contributed by atoms with Gasteiger partial charge < -0.3 is 4.90 Å². The number of benzene rings is 3. The van der Waals surface area contributed by atoms with E-state index in [1.807, 2.05) is 0 Å². The molecular weight excluding hydrogens is 378 g/mol. The van der Waals surface area contributed by atoms with Crippen molar-refractivity contribution in [2.75, 3.05) is 16.8 Å². The minimum Gasteiger partial charge on any atom is -0.333 e. The van der Waals surface area contributed by atoms with Gasteiger partial charge in [0.25, 0.3) is 5.82 Å². The standard InChI is InChI=1S/C28H28N3/c1-20-12-8-9-15-24(20)27-18-23(22-13-6-5-7-14-22)19-28(30(27)4)31-21(2)29(3)25-16-10-11-17-26(25)31/h5-19,21H,1-4H3/q+1/t21-/m1/s1. The number of anilines is 3. The summed E-state index contributed by atoms with van der Waals surface area (Å²) in [6, 6.07) is 32.6. The molecule has 0 amide bonds. The van der Waals surface area contributed by atoms with Crippen molar-refractivity contribution in [2.45, 2.75) is 20.0 Å². The van der Waals surface area contributed by atoms with Crippen LogP contribution in [0, 0.1) is 6.92 Å². The van der Waals surface area contributed by atoms with Gasteiger partial charge in [-0.2, -0.15) is 0 Å². The maximum absolute atomic E-state index is 2.45. The molecule has 0 N–H and O–H groups in total. The molecule has 154 valence electrons. The predicted octanol–water partition coefficient (Wildman–Crippen LogP) is 6.09. The summed E-state index contributed by atoms with van der Waals surface area (Å²) >= 11 is 0. The Balaban J connectivity index is 1.78. The number of aromatic nitrogens is 1. The summed E-state index contributed by atoms with van der Waals surface area (Å²) in [4.78, 5) is 4.79. The lowest BCUT2D eigenvalue weighted by Crippen LogP contribution is -2.44. The highest BCUT2D eigenvalue weighted by Crippen LogP contribution is 2.43. The molecule has 3 aromatic carbocycles. The van der Waals surface area contributed by atoms with E-state index in [2.05, 4.69) is 133 Å². The average Bonchev–Trinajstić information content (AvgIpc) is 3.05.